The van der Waals surface area contributed by atoms with Gasteiger partial charge in [-0.15, -0.1) is 0 Å². The average Bonchev–Trinajstić information content (AvgIpc) is 2.79. The average molecular weight is 246 g/mol. The number of aliphatic hydroxyl groups excluding tert-OH is 1. The van der Waals surface area contributed by atoms with Crippen molar-refractivity contribution in [2.75, 3.05) is 23.7 Å². The molecule has 1 aromatic carbocycles. The van der Waals surface area contributed by atoms with Crippen molar-refractivity contribution >= 4 is 22.3 Å². The lowest BCUT2D eigenvalue weighted by Crippen LogP contribution is -2.42. The Morgan fingerprint density at radius 3 is 3.11 bits per heavy atom. The number of aromatic amines is 1. The number of aromatic nitrogens is 2. The Balaban J connectivity index is 1.95. The highest BCUT2D eigenvalue weighted by molar-refractivity contribution is 5.88. The van der Waals surface area contributed by atoms with Crippen LogP contribution in [0.4, 0.5) is 11.4 Å². The molecule has 4 N–H and O–H groups in total. The van der Waals surface area contributed by atoms with Crippen LogP contribution in [0.1, 0.15) is 13.3 Å². The molecule has 3 rings (SSSR count). The van der Waals surface area contributed by atoms with Gasteiger partial charge in [0.25, 0.3) is 0 Å². The van der Waals surface area contributed by atoms with E-state index in [0.29, 0.717) is 0 Å². The number of nitrogens with one attached hydrogen (secondary N) is 1. The number of piperidine rings is 1. The summed E-state index contributed by atoms with van der Waals surface area (Å²) >= 11 is 0. The fraction of sp³-hybridized carbons (Fsp3) is 0.462. The van der Waals surface area contributed by atoms with Crippen molar-refractivity contribution in [2.24, 2.45) is 5.92 Å². The van der Waals surface area contributed by atoms with E-state index in [1.165, 1.54) is 0 Å². The number of nitrogens with two attached hydrogens (primary N) is 1. The number of fused-ring (bicyclic) bond motifs is 1. The predicted molar refractivity (Wildman–Crippen MR) is 72.5 cm³/mol. The maximum absolute atomic E-state index is 9.78. The van der Waals surface area contributed by atoms with Crippen LogP contribution in [0, 0.1) is 5.92 Å². The molecule has 1 saturated heterocycles. The summed E-state index contributed by atoms with van der Waals surface area (Å²) in [6.45, 7) is 3.75. The lowest BCUT2D eigenvalue weighted by atomic mass is 9.96. The van der Waals surface area contributed by atoms with Crippen molar-refractivity contribution in [3.05, 3.63) is 18.3 Å². The Labute approximate surface area is 106 Å². The van der Waals surface area contributed by atoms with Gasteiger partial charge in [-0.25, -0.2) is 0 Å². The molecule has 96 valence electrons. The van der Waals surface area contributed by atoms with E-state index in [0.717, 1.165) is 41.8 Å². The Bertz CT molecular complexity index is 565. The summed E-state index contributed by atoms with van der Waals surface area (Å²) < 4.78 is 0. The van der Waals surface area contributed by atoms with E-state index in [1.807, 2.05) is 12.1 Å². The largest absolute Gasteiger partial charge is 0.397 e. The second-order valence-corrected chi connectivity index (χ2v) is 5.15. The zero-order valence-corrected chi connectivity index (χ0v) is 10.4. The molecule has 2 heterocycles. The predicted octanol–water partition coefficient (Wildman–Crippen LogP) is 1.35. The number of hydrogen-bond donors (Lipinski definition) is 3. The first-order valence-corrected chi connectivity index (χ1v) is 6.31. The van der Waals surface area contributed by atoms with E-state index < -0.39 is 0 Å². The Morgan fingerprint density at radius 1 is 1.50 bits per heavy atom. The minimum Gasteiger partial charge on any atom is -0.397 e. The minimum absolute atomic E-state index is 0.196. The summed E-state index contributed by atoms with van der Waals surface area (Å²) in [6, 6.07) is 3.99. The highest BCUT2D eigenvalue weighted by atomic mass is 16.3. The number of anilines is 2. The summed E-state index contributed by atoms with van der Waals surface area (Å²) in [4.78, 5) is 2.24. The fourth-order valence-electron chi connectivity index (χ4n) is 2.62. The first-order chi connectivity index (χ1) is 8.65. The van der Waals surface area contributed by atoms with Crippen LogP contribution in [0.2, 0.25) is 0 Å². The number of H-pyrrole nitrogens is 1. The molecule has 0 amide bonds. The van der Waals surface area contributed by atoms with Crippen LogP contribution in [0.25, 0.3) is 10.9 Å². The molecule has 1 aromatic heterocycles. The Kier molecular flexibility index (Phi) is 2.63. The number of nitrogens with zero attached hydrogens (tertiary/aromatic N) is 2. The van der Waals surface area contributed by atoms with Gasteiger partial charge >= 0.3 is 0 Å². The van der Waals surface area contributed by atoms with Gasteiger partial charge in [-0.2, -0.15) is 5.10 Å². The molecule has 5 nitrogen and oxygen atoms in total. The van der Waals surface area contributed by atoms with Crippen LogP contribution in [0.3, 0.4) is 0 Å². The molecule has 1 aliphatic rings. The summed E-state index contributed by atoms with van der Waals surface area (Å²) in [5, 5.41) is 17.8. The number of benzene rings is 1. The zero-order chi connectivity index (χ0) is 12.7. The van der Waals surface area contributed by atoms with E-state index in [-0.39, 0.29) is 12.0 Å². The van der Waals surface area contributed by atoms with E-state index in [9.17, 15) is 5.11 Å². The van der Waals surface area contributed by atoms with Gasteiger partial charge < -0.3 is 15.7 Å². The van der Waals surface area contributed by atoms with Gasteiger partial charge in [0.15, 0.2) is 0 Å². The third-order valence-corrected chi connectivity index (χ3v) is 3.79. The molecule has 0 radical (unpaired) electrons. The van der Waals surface area contributed by atoms with Crippen molar-refractivity contribution in [3.63, 3.8) is 0 Å². The van der Waals surface area contributed by atoms with Crippen LogP contribution in [-0.2, 0) is 0 Å². The number of hydrogen-bond acceptors (Lipinski definition) is 4. The molecule has 0 bridgehead atoms. The smallest absolute Gasteiger partial charge is 0.0672 e. The molecule has 2 atom stereocenters. The van der Waals surface area contributed by atoms with Crippen LogP contribution in [0.15, 0.2) is 18.3 Å². The van der Waals surface area contributed by atoms with E-state index in [2.05, 4.69) is 22.0 Å². The van der Waals surface area contributed by atoms with Crippen molar-refractivity contribution in [2.45, 2.75) is 19.4 Å². The van der Waals surface area contributed by atoms with E-state index in [1.54, 1.807) is 6.20 Å². The summed E-state index contributed by atoms with van der Waals surface area (Å²) in [6.07, 6.45) is 2.37. The Morgan fingerprint density at radius 2 is 2.33 bits per heavy atom. The SMILES string of the molecule is CC1CN(c2cc3[nH]ncc3cc2N)CCC1O. The van der Waals surface area contributed by atoms with Gasteiger partial charge in [-0.3, -0.25) is 5.10 Å². The normalized spacial score (nSPS) is 24.7. The minimum atomic E-state index is -0.196. The summed E-state index contributed by atoms with van der Waals surface area (Å²) in [5.74, 6) is 0.274. The van der Waals surface area contributed by atoms with Crippen LogP contribution in [0.5, 0.6) is 0 Å². The lowest BCUT2D eigenvalue weighted by Gasteiger charge is -2.36. The van der Waals surface area contributed by atoms with Crippen LogP contribution in [-0.4, -0.2) is 34.5 Å². The van der Waals surface area contributed by atoms with Gasteiger partial charge in [0, 0.05) is 18.5 Å². The third-order valence-electron chi connectivity index (χ3n) is 3.79. The molecule has 1 aliphatic heterocycles. The quantitative estimate of drug-likeness (QED) is 0.664. The maximum atomic E-state index is 9.78. The van der Waals surface area contributed by atoms with Gasteiger partial charge in [-0.1, -0.05) is 6.92 Å². The highest BCUT2D eigenvalue weighted by Crippen LogP contribution is 2.31. The number of rotatable bonds is 1. The van der Waals surface area contributed by atoms with Crippen LogP contribution < -0.4 is 10.6 Å². The summed E-state index contributed by atoms with van der Waals surface area (Å²) in [5.41, 5.74) is 8.91. The summed E-state index contributed by atoms with van der Waals surface area (Å²) in [7, 11) is 0. The molecule has 2 aromatic rings. The van der Waals surface area contributed by atoms with Crippen molar-refractivity contribution < 1.29 is 5.11 Å². The standard InChI is InChI=1S/C13H18N4O/c1-8-7-17(3-2-13(8)18)12-5-11-9(4-10(12)14)6-15-16-11/h4-6,8,13,18H,2-3,7,14H2,1H3,(H,15,16). The fourth-order valence-corrected chi connectivity index (χ4v) is 2.62. The molecule has 0 saturated carbocycles. The molecular weight excluding hydrogens is 228 g/mol. The lowest BCUT2D eigenvalue weighted by molar-refractivity contribution is 0.0971. The molecule has 2 unspecified atom stereocenters. The monoisotopic (exact) mass is 246 g/mol. The first-order valence-electron chi connectivity index (χ1n) is 6.31. The first kappa shape index (κ1) is 11.3. The van der Waals surface area contributed by atoms with E-state index >= 15 is 0 Å². The molecule has 0 aliphatic carbocycles. The molecule has 5 heteroatoms. The van der Waals surface area contributed by atoms with Crippen molar-refractivity contribution in [3.8, 4) is 0 Å². The number of aliphatic hydroxyl groups is 1. The van der Waals surface area contributed by atoms with Gasteiger partial charge in [-0.05, 0) is 24.5 Å². The van der Waals surface area contributed by atoms with Gasteiger partial charge in [0.1, 0.15) is 0 Å². The second-order valence-electron chi connectivity index (χ2n) is 5.15. The maximum Gasteiger partial charge on any atom is 0.0672 e. The molecule has 1 fully saturated rings. The molecular formula is C13H18N4O. The van der Waals surface area contributed by atoms with Crippen molar-refractivity contribution in [1.29, 1.82) is 0 Å². The highest BCUT2D eigenvalue weighted by Gasteiger charge is 2.25. The number of nitrogen functional groups attached to an aromatic ring is 1. The zero-order valence-electron chi connectivity index (χ0n) is 10.4. The van der Waals surface area contributed by atoms with Crippen molar-refractivity contribution in [1.82, 2.24) is 10.2 Å². The second kappa shape index (κ2) is 4.17. The molecule has 0 spiro atoms. The van der Waals surface area contributed by atoms with Gasteiger partial charge in [0.2, 0.25) is 0 Å². The third kappa shape index (κ3) is 1.80. The Hall–Kier alpha value is -1.75. The molecule has 18 heavy (non-hydrogen) atoms. The van der Waals surface area contributed by atoms with Gasteiger partial charge in [0.05, 0.1) is 29.2 Å². The topological polar surface area (TPSA) is 78.2 Å². The van der Waals surface area contributed by atoms with E-state index in [4.69, 9.17) is 5.73 Å². The van der Waals surface area contributed by atoms with Crippen LogP contribution >= 0.6 is 0 Å².